The van der Waals surface area contributed by atoms with Crippen molar-refractivity contribution in [1.29, 1.82) is 0 Å². The molecule has 0 aliphatic rings. The van der Waals surface area contributed by atoms with Crippen LogP contribution in [-0.4, -0.2) is 11.6 Å². The van der Waals surface area contributed by atoms with E-state index in [1.54, 1.807) is 11.3 Å². The van der Waals surface area contributed by atoms with Crippen LogP contribution in [0.25, 0.3) is 0 Å². The molecule has 0 fully saturated rings. The molecular formula is C12H17BrN2OS. The van der Waals surface area contributed by atoms with Gasteiger partial charge in [-0.05, 0) is 41.4 Å². The van der Waals surface area contributed by atoms with Gasteiger partial charge in [-0.15, -0.1) is 11.3 Å². The molecule has 0 aromatic carbocycles. The number of halogens is 1. The van der Waals surface area contributed by atoms with E-state index in [-0.39, 0.29) is 5.91 Å². The Bertz CT molecular complexity index is 401. The molecule has 1 amide bonds. The highest BCUT2D eigenvalue weighted by Crippen LogP contribution is 2.22. The summed E-state index contributed by atoms with van der Waals surface area (Å²) in [6.45, 7) is 4.01. The summed E-state index contributed by atoms with van der Waals surface area (Å²) >= 11 is 5.00. The lowest BCUT2D eigenvalue weighted by Gasteiger charge is -2.00. The Morgan fingerprint density at radius 3 is 2.82 bits per heavy atom. The summed E-state index contributed by atoms with van der Waals surface area (Å²) < 4.78 is 1.07. The van der Waals surface area contributed by atoms with Crippen molar-refractivity contribution in [2.45, 2.75) is 39.5 Å². The Balaban J connectivity index is 2.40. The minimum atomic E-state index is -0.00609. The van der Waals surface area contributed by atoms with Crippen molar-refractivity contribution in [3.05, 3.63) is 20.8 Å². The zero-order chi connectivity index (χ0) is 12.7. The van der Waals surface area contributed by atoms with Crippen molar-refractivity contribution in [1.82, 2.24) is 5.43 Å². The molecule has 0 spiro atoms. The van der Waals surface area contributed by atoms with Gasteiger partial charge in [-0.1, -0.05) is 19.8 Å². The number of amides is 1. The molecule has 94 valence electrons. The SMILES string of the molecule is CCCCCC(=O)NN=C(C)c1ccc(Br)s1. The number of carbonyl (C=O) groups excluding carboxylic acids is 1. The number of unbranched alkanes of at least 4 members (excludes halogenated alkanes) is 2. The fraction of sp³-hybridized carbons (Fsp3) is 0.500. The van der Waals surface area contributed by atoms with E-state index >= 15 is 0 Å². The predicted molar refractivity (Wildman–Crippen MR) is 76.5 cm³/mol. The summed E-state index contributed by atoms with van der Waals surface area (Å²) in [5.41, 5.74) is 3.43. The van der Waals surface area contributed by atoms with Crippen LogP contribution in [0.3, 0.4) is 0 Å². The third kappa shape index (κ3) is 5.46. The summed E-state index contributed by atoms with van der Waals surface area (Å²) in [6, 6.07) is 3.96. The maximum atomic E-state index is 11.4. The molecule has 1 N–H and O–H groups in total. The molecule has 0 saturated carbocycles. The van der Waals surface area contributed by atoms with Crippen LogP contribution in [0, 0.1) is 0 Å². The van der Waals surface area contributed by atoms with Crippen LogP contribution < -0.4 is 5.43 Å². The van der Waals surface area contributed by atoms with E-state index in [0.29, 0.717) is 6.42 Å². The fourth-order valence-corrected chi connectivity index (χ4v) is 2.63. The van der Waals surface area contributed by atoms with Gasteiger partial charge >= 0.3 is 0 Å². The maximum absolute atomic E-state index is 11.4. The molecule has 5 heteroatoms. The van der Waals surface area contributed by atoms with Crippen molar-refractivity contribution in [2.24, 2.45) is 5.10 Å². The van der Waals surface area contributed by atoms with Gasteiger partial charge in [-0.25, -0.2) is 5.43 Å². The van der Waals surface area contributed by atoms with Gasteiger partial charge in [0.05, 0.1) is 14.4 Å². The second kappa shape index (κ2) is 7.61. The Morgan fingerprint density at radius 2 is 2.24 bits per heavy atom. The number of hydrogen-bond acceptors (Lipinski definition) is 3. The van der Waals surface area contributed by atoms with E-state index in [1.165, 1.54) is 0 Å². The number of hydrazone groups is 1. The third-order valence-electron chi connectivity index (χ3n) is 2.29. The van der Waals surface area contributed by atoms with Crippen LogP contribution in [0.1, 0.15) is 44.4 Å². The van der Waals surface area contributed by atoms with E-state index in [0.717, 1.165) is 33.6 Å². The standard InChI is InChI=1S/C12H17BrN2OS/c1-3-4-5-6-12(16)15-14-9(2)10-7-8-11(13)17-10/h7-8H,3-6H2,1-2H3,(H,15,16). The lowest BCUT2D eigenvalue weighted by Crippen LogP contribution is -2.18. The molecule has 1 rings (SSSR count). The van der Waals surface area contributed by atoms with Crippen LogP contribution in [0.4, 0.5) is 0 Å². The number of hydrogen-bond donors (Lipinski definition) is 1. The monoisotopic (exact) mass is 316 g/mol. The molecule has 0 bridgehead atoms. The molecule has 1 heterocycles. The smallest absolute Gasteiger partial charge is 0.240 e. The highest BCUT2D eigenvalue weighted by Gasteiger charge is 2.03. The zero-order valence-electron chi connectivity index (χ0n) is 10.1. The van der Waals surface area contributed by atoms with E-state index in [4.69, 9.17) is 0 Å². The average Bonchev–Trinajstić information content (AvgIpc) is 2.73. The Morgan fingerprint density at radius 1 is 1.47 bits per heavy atom. The van der Waals surface area contributed by atoms with Gasteiger partial charge in [0.15, 0.2) is 0 Å². The van der Waals surface area contributed by atoms with Gasteiger partial charge in [-0.2, -0.15) is 5.10 Å². The molecule has 3 nitrogen and oxygen atoms in total. The second-order valence-electron chi connectivity index (χ2n) is 3.79. The summed E-state index contributed by atoms with van der Waals surface area (Å²) in [5.74, 6) is -0.00609. The molecule has 0 radical (unpaired) electrons. The first-order chi connectivity index (χ1) is 8.13. The molecule has 0 atom stereocenters. The summed E-state index contributed by atoms with van der Waals surface area (Å²) in [6.07, 6.45) is 3.70. The molecule has 0 aliphatic carbocycles. The topological polar surface area (TPSA) is 41.5 Å². The molecule has 0 aliphatic heterocycles. The highest BCUT2D eigenvalue weighted by atomic mass is 79.9. The lowest BCUT2D eigenvalue weighted by atomic mass is 10.2. The highest BCUT2D eigenvalue weighted by molar-refractivity contribution is 9.11. The maximum Gasteiger partial charge on any atom is 0.240 e. The van der Waals surface area contributed by atoms with Crippen LogP contribution >= 0.6 is 27.3 Å². The van der Waals surface area contributed by atoms with Gasteiger partial charge in [0, 0.05) is 6.42 Å². The predicted octanol–water partition coefficient (Wildman–Crippen LogP) is 3.93. The number of thiophene rings is 1. The van der Waals surface area contributed by atoms with Crippen molar-refractivity contribution in [2.75, 3.05) is 0 Å². The van der Waals surface area contributed by atoms with Crippen LogP contribution in [0.5, 0.6) is 0 Å². The third-order valence-corrected chi connectivity index (χ3v) is 4.02. The zero-order valence-corrected chi connectivity index (χ0v) is 12.5. The fourth-order valence-electron chi connectivity index (χ4n) is 1.30. The second-order valence-corrected chi connectivity index (χ2v) is 6.26. The molecule has 0 unspecified atom stereocenters. The Labute approximate surface area is 114 Å². The van der Waals surface area contributed by atoms with Gasteiger partial charge in [0.2, 0.25) is 5.91 Å². The van der Waals surface area contributed by atoms with Crippen molar-refractivity contribution in [3.63, 3.8) is 0 Å². The number of carbonyl (C=O) groups is 1. The summed E-state index contributed by atoms with van der Waals surface area (Å²) in [5, 5.41) is 4.09. The van der Waals surface area contributed by atoms with Gasteiger partial charge in [-0.3, -0.25) is 4.79 Å². The Hall–Kier alpha value is -0.680. The first-order valence-corrected chi connectivity index (χ1v) is 7.33. The molecule has 1 aromatic rings. The van der Waals surface area contributed by atoms with Crippen molar-refractivity contribution in [3.8, 4) is 0 Å². The molecule has 1 aromatic heterocycles. The van der Waals surface area contributed by atoms with Crippen LogP contribution in [-0.2, 0) is 4.79 Å². The quantitative estimate of drug-likeness (QED) is 0.482. The van der Waals surface area contributed by atoms with Gasteiger partial charge in [0.1, 0.15) is 0 Å². The first-order valence-electron chi connectivity index (χ1n) is 5.72. The Kier molecular flexibility index (Phi) is 6.44. The number of nitrogens with zero attached hydrogens (tertiary/aromatic N) is 1. The summed E-state index contributed by atoms with van der Waals surface area (Å²) in [4.78, 5) is 12.5. The number of nitrogens with one attached hydrogen (secondary N) is 1. The van der Waals surface area contributed by atoms with E-state index in [2.05, 4.69) is 33.4 Å². The lowest BCUT2D eigenvalue weighted by molar-refractivity contribution is -0.121. The van der Waals surface area contributed by atoms with E-state index in [1.807, 2.05) is 19.1 Å². The average molecular weight is 317 g/mol. The molecule has 0 saturated heterocycles. The van der Waals surface area contributed by atoms with Gasteiger partial charge in [0.25, 0.3) is 0 Å². The largest absolute Gasteiger partial charge is 0.273 e. The van der Waals surface area contributed by atoms with E-state index < -0.39 is 0 Å². The normalized spacial score (nSPS) is 11.6. The summed E-state index contributed by atoms with van der Waals surface area (Å²) in [7, 11) is 0. The first kappa shape index (κ1) is 14.4. The van der Waals surface area contributed by atoms with E-state index in [9.17, 15) is 4.79 Å². The minimum Gasteiger partial charge on any atom is -0.273 e. The van der Waals surface area contributed by atoms with Gasteiger partial charge < -0.3 is 0 Å². The van der Waals surface area contributed by atoms with Crippen LogP contribution in [0.15, 0.2) is 21.0 Å². The van der Waals surface area contributed by atoms with Crippen molar-refractivity contribution >= 4 is 38.9 Å². The molecule has 17 heavy (non-hydrogen) atoms. The van der Waals surface area contributed by atoms with Crippen LogP contribution in [0.2, 0.25) is 0 Å². The number of rotatable bonds is 6. The molecular weight excluding hydrogens is 300 g/mol. The van der Waals surface area contributed by atoms with Crippen molar-refractivity contribution < 1.29 is 4.79 Å². The minimum absolute atomic E-state index is 0.00609.